The Morgan fingerprint density at radius 1 is 1.15 bits per heavy atom. The number of anilines is 1. The van der Waals surface area contributed by atoms with Crippen molar-refractivity contribution in [2.75, 3.05) is 31.1 Å². The molecule has 106 valence electrons. The first kappa shape index (κ1) is 13.5. The second kappa shape index (κ2) is 5.85. The Bertz CT molecular complexity index is 574. The Hall–Kier alpha value is -1.53. The van der Waals surface area contributed by atoms with E-state index >= 15 is 0 Å². The van der Waals surface area contributed by atoms with E-state index in [1.54, 1.807) is 11.3 Å². The van der Waals surface area contributed by atoms with Crippen molar-refractivity contribution in [1.82, 2.24) is 19.9 Å². The first-order chi connectivity index (χ1) is 9.70. The average molecular weight is 289 g/mol. The zero-order chi connectivity index (χ0) is 13.9. The molecule has 1 fully saturated rings. The fourth-order valence-corrected chi connectivity index (χ4v) is 3.25. The summed E-state index contributed by atoms with van der Waals surface area (Å²) in [5.74, 6) is 1.88. The molecule has 6 heteroatoms. The number of aromatic nitrogens is 3. The van der Waals surface area contributed by atoms with E-state index in [0.29, 0.717) is 0 Å². The summed E-state index contributed by atoms with van der Waals surface area (Å²) in [6, 6.07) is 1.99. The summed E-state index contributed by atoms with van der Waals surface area (Å²) in [6.07, 6.45) is 3.79. The molecule has 1 aliphatic rings. The van der Waals surface area contributed by atoms with Crippen LogP contribution in [0, 0.1) is 13.8 Å². The second-order valence-corrected chi connectivity index (χ2v) is 6.41. The van der Waals surface area contributed by atoms with Crippen LogP contribution in [-0.2, 0) is 6.54 Å². The quantitative estimate of drug-likeness (QED) is 0.863. The lowest BCUT2D eigenvalue weighted by molar-refractivity contribution is 0.249. The van der Waals surface area contributed by atoms with Crippen molar-refractivity contribution in [2.24, 2.45) is 0 Å². The lowest BCUT2D eigenvalue weighted by atomic mass is 10.3. The third-order valence-electron chi connectivity index (χ3n) is 3.49. The molecule has 0 atom stereocenters. The van der Waals surface area contributed by atoms with Crippen molar-refractivity contribution in [1.29, 1.82) is 0 Å². The molecule has 0 N–H and O–H groups in total. The van der Waals surface area contributed by atoms with Gasteiger partial charge in [-0.25, -0.2) is 15.0 Å². The molecular weight excluding hydrogens is 270 g/mol. The van der Waals surface area contributed by atoms with Crippen molar-refractivity contribution in [3.8, 4) is 0 Å². The van der Waals surface area contributed by atoms with E-state index in [1.165, 1.54) is 9.88 Å². The van der Waals surface area contributed by atoms with Crippen LogP contribution in [0.5, 0.6) is 0 Å². The molecule has 3 rings (SSSR count). The number of aryl methyl sites for hydroxylation is 2. The maximum absolute atomic E-state index is 4.50. The highest BCUT2D eigenvalue weighted by atomic mass is 32.1. The Morgan fingerprint density at radius 2 is 1.95 bits per heavy atom. The maximum atomic E-state index is 4.50. The van der Waals surface area contributed by atoms with Gasteiger partial charge in [0.2, 0.25) is 0 Å². The van der Waals surface area contributed by atoms with Gasteiger partial charge >= 0.3 is 0 Å². The minimum atomic E-state index is 0.836. The summed E-state index contributed by atoms with van der Waals surface area (Å²) in [7, 11) is 0. The van der Waals surface area contributed by atoms with Gasteiger partial charge in [0.25, 0.3) is 0 Å². The zero-order valence-electron chi connectivity index (χ0n) is 11.9. The number of nitrogens with zero attached hydrogens (tertiary/aromatic N) is 5. The van der Waals surface area contributed by atoms with Crippen LogP contribution < -0.4 is 4.90 Å². The van der Waals surface area contributed by atoms with Crippen LogP contribution in [0.3, 0.4) is 0 Å². The van der Waals surface area contributed by atoms with Gasteiger partial charge in [-0.15, -0.1) is 11.3 Å². The van der Waals surface area contributed by atoms with Gasteiger partial charge in [0.15, 0.2) is 0 Å². The normalized spacial score (nSPS) is 16.6. The molecule has 0 spiro atoms. The van der Waals surface area contributed by atoms with E-state index in [-0.39, 0.29) is 0 Å². The average Bonchev–Trinajstić information content (AvgIpc) is 2.85. The summed E-state index contributed by atoms with van der Waals surface area (Å²) >= 11 is 1.79. The molecule has 20 heavy (non-hydrogen) atoms. The number of piperazine rings is 1. The number of hydrogen-bond acceptors (Lipinski definition) is 6. The molecular formula is C14H19N5S. The van der Waals surface area contributed by atoms with E-state index in [0.717, 1.165) is 44.4 Å². The minimum absolute atomic E-state index is 0.836. The zero-order valence-corrected chi connectivity index (χ0v) is 12.7. The van der Waals surface area contributed by atoms with Gasteiger partial charge in [-0.1, -0.05) is 0 Å². The van der Waals surface area contributed by atoms with E-state index in [2.05, 4.69) is 31.7 Å². The molecule has 2 aromatic rings. The lowest BCUT2D eigenvalue weighted by Gasteiger charge is -2.34. The molecule has 1 saturated heterocycles. The summed E-state index contributed by atoms with van der Waals surface area (Å²) in [5, 5.41) is 1.22. The minimum Gasteiger partial charge on any atom is -0.354 e. The summed E-state index contributed by atoms with van der Waals surface area (Å²) in [4.78, 5) is 19.2. The largest absolute Gasteiger partial charge is 0.354 e. The van der Waals surface area contributed by atoms with E-state index in [9.17, 15) is 0 Å². The van der Waals surface area contributed by atoms with Crippen LogP contribution in [0.2, 0.25) is 0 Å². The van der Waals surface area contributed by atoms with Crippen molar-refractivity contribution >= 4 is 17.2 Å². The molecule has 5 nitrogen and oxygen atoms in total. The second-order valence-electron chi connectivity index (χ2n) is 5.09. The highest BCUT2D eigenvalue weighted by molar-refractivity contribution is 7.11. The summed E-state index contributed by atoms with van der Waals surface area (Å²) in [6.45, 7) is 9.15. The van der Waals surface area contributed by atoms with Gasteiger partial charge in [0.05, 0.1) is 6.54 Å². The molecule has 0 bridgehead atoms. The molecule has 0 unspecified atom stereocenters. The van der Waals surface area contributed by atoms with E-state index < -0.39 is 0 Å². The van der Waals surface area contributed by atoms with Crippen LogP contribution in [-0.4, -0.2) is 46.0 Å². The third-order valence-corrected chi connectivity index (χ3v) is 4.38. The standard InChI is InChI=1S/C14H19N5S/c1-11-9-16-14(20-11)10-18-5-7-19(8-6-18)13-3-4-15-12(2)17-13/h3-4,9H,5-8,10H2,1-2H3. The first-order valence-electron chi connectivity index (χ1n) is 6.89. The molecule has 0 aromatic carbocycles. The van der Waals surface area contributed by atoms with Gasteiger partial charge in [0, 0.05) is 43.4 Å². The number of rotatable bonds is 3. The van der Waals surface area contributed by atoms with Gasteiger partial charge in [-0.05, 0) is 19.9 Å². The molecule has 1 aliphatic heterocycles. The Kier molecular flexibility index (Phi) is 3.93. The van der Waals surface area contributed by atoms with Gasteiger partial charge < -0.3 is 4.90 Å². The van der Waals surface area contributed by atoms with Crippen molar-refractivity contribution in [3.05, 3.63) is 34.2 Å². The molecule has 3 heterocycles. The van der Waals surface area contributed by atoms with Crippen molar-refractivity contribution in [2.45, 2.75) is 20.4 Å². The number of hydrogen-bond donors (Lipinski definition) is 0. The van der Waals surface area contributed by atoms with E-state index in [1.807, 2.05) is 25.4 Å². The molecule has 0 saturated carbocycles. The highest BCUT2D eigenvalue weighted by Crippen LogP contribution is 2.17. The monoisotopic (exact) mass is 289 g/mol. The predicted octanol–water partition coefficient (Wildman–Crippen LogP) is 1.87. The summed E-state index contributed by atoms with van der Waals surface area (Å²) in [5.41, 5.74) is 0. The van der Waals surface area contributed by atoms with Gasteiger partial charge in [-0.3, -0.25) is 4.90 Å². The SMILES string of the molecule is Cc1nccc(N2CCN(Cc3ncc(C)s3)CC2)n1. The highest BCUT2D eigenvalue weighted by Gasteiger charge is 2.19. The number of thiazole rings is 1. The maximum Gasteiger partial charge on any atom is 0.132 e. The van der Waals surface area contributed by atoms with Crippen LogP contribution in [0.4, 0.5) is 5.82 Å². The predicted molar refractivity (Wildman–Crippen MR) is 81.1 cm³/mol. The molecule has 0 radical (unpaired) electrons. The lowest BCUT2D eigenvalue weighted by Crippen LogP contribution is -2.46. The van der Waals surface area contributed by atoms with Crippen molar-refractivity contribution in [3.63, 3.8) is 0 Å². The molecule has 0 aliphatic carbocycles. The van der Waals surface area contributed by atoms with Crippen LogP contribution in [0.25, 0.3) is 0 Å². The Morgan fingerprint density at radius 3 is 2.60 bits per heavy atom. The van der Waals surface area contributed by atoms with Crippen LogP contribution >= 0.6 is 11.3 Å². The van der Waals surface area contributed by atoms with Crippen molar-refractivity contribution < 1.29 is 0 Å². The molecule has 2 aromatic heterocycles. The topological polar surface area (TPSA) is 45.2 Å². The van der Waals surface area contributed by atoms with Crippen LogP contribution in [0.1, 0.15) is 15.7 Å². The Balaban J connectivity index is 1.57. The van der Waals surface area contributed by atoms with E-state index in [4.69, 9.17) is 0 Å². The summed E-state index contributed by atoms with van der Waals surface area (Å²) < 4.78 is 0. The van der Waals surface area contributed by atoms with Gasteiger partial charge in [-0.2, -0.15) is 0 Å². The smallest absolute Gasteiger partial charge is 0.132 e. The fourth-order valence-electron chi connectivity index (χ4n) is 2.42. The molecule has 0 amide bonds. The van der Waals surface area contributed by atoms with Crippen LogP contribution in [0.15, 0.2) is 18.5 Å². The third kappa shape index (κ3) is 3.13. The first-order valence-corrected chi connectivity index (χ1v) is 7.70. The Labute approximate surface area is 123 Å². The van der Waals surface area contributed by atoms with Gasteiger partial charge in [0.1, 0.15) is 16.6 Å². The fraction of sp³-hybridized carbons (Fsp3) is 0.500.